The first-order valence-electron chi connectivity index (χ1n) is 9.29. The molecule has 0 aliphatic carbocycles. The highest BCUT2D eigenvalue weighted by molar-refractivity contribution is 5.66. The first kappa shape index (κ1) is 19.0. The summed E-state index contributed by atoms with van der Waals surface area (Å²) in [5.41, 5.74) is 0. The van der Waals surface area contributed by atoms with Gasteiger partial charge in [-0.3, -0.25) is 4.79 Å². The molecule has 1 N–H and O–H groups in total. The van der Waals surface area contributed by atoms with Gasteiger partial charge in [0.15, 0.2) is 0 Å². The molecule has 0 saturated carbocycles. The molecule has 2 rings (SSSR count). The molecule has 0 aromatic rings. The topological polar surface area (TPSA) is 55.8 Å². The van der Waals surface area contributed by atoms with Gasteiger partial charge in [0, 0.05) is 25.4 Å². The SMILES string of the molecule is C#CCCCCCO[C@H]1[C@H](C/C=C\CCCC(=O)O)[C@@H]2CC[C@H]1O2. The first-order valence-corrected chi connectivity index (χ1v) is 9.29. The maximum Gasteiger partial charge on any atom is 0.303 e. The summed E-state index contributed by atoms with van der Waals surface area (Å²) in [5.74, 6) is 2.40. The normalized spacial score (nSPS) is 28.5. The number of carbonyl (C=O) groups is 1. The van der Waals surface area contributed by atoms with Crippen molar-refractivity contribution in [2.45, 2.75) is 82.5 Å². The fourth-order valence-electron chi connectivity index (χ4n) is 3.72. The molecule has 2 aliphatic rings. The second-order valence-electron chi connectivity index (χ2n) is 6.80. The maximum atomic E-state index is 10.5. The minimum Gasteiger partial charge on any atom is -0.481 e. The van der Waals surface area contributed by atoms with Crippen molar-refractivity contribution in [3.63, 3.8) is 0 Å². The van der Waals surface area contributed by atoms with Gasteiger partial charge in [-0.1, -0.05) is 18.6 Å². The molecular formula is C20H30O4. The van der Waals surface area contributed by atoms with Crippen molar-refractivity contribution >= 4 is 5.97 Å². The van der Waals surface area contributed by atoms with Crippen LogP contribution in [0.25, 0.3) is 0 Å². The van der Waals surface area contributed by atoms with Gasteiger partial charge < -0.3 is 14.6 Å². The Morgan fingerprint density at radius 1 is 1.21 bits per heavy atom. The summed E-state index contributed by atoms with van der Waals surface area (Å²) in [6.45, 7) is 0.792. The number of aliphatic carboxylic acids is 1. The zero-order chi connectivity index (χ0) is 17.2. The Balaban J connectivity index is 1.66. The molecule has 2 bridgehead atoms. The number of carboxylic acids is 1. The number of fused-ring (bicyclic) bond motifs is 2. The molecule has 4 atom stereocenters. The molecule has 0 aromatic heterocycles. The van der Waals surface area contributed by atoms with E-state index in [1.165, 1.54) is 0 Å². The van der Waals surface area contributed by atoms with E-state index in [9.17, 15) is 4.79 Å². The summed E-state index contributed by atoms with van der Waals surface area (Å²) < 4.78 is 12.2. The summed E-state index contributed by atoms with van der Waals surface area (Å²) in [7, 11) is 0. The average molecular weight is 334 g/mol. The van der Waals surface area contributed by atoms with E-state index in [1.54, 1.807) is 0 Å². The van der Waals surface area contributed by atoms with Gasteiger partial charge >= 0.3 is 5.97 Å². The standard InChI is InChI=1S/C20H30O4/c1-2-3-4-7-10-15-23-20-16(17-13-14-18(20)24-17)11-8-5-6-9-12-19(21)22/h1,5,8,16-18,20H,3-4,6-7,9-15H2,(H,21,22)/b8-5-/t16-,17+,18-,20+/m1/s1. The van der Waals surface area contributed by atoms with Crippen LogP contribution in [0.5, 0.6) is 0 Å². The van der Waals surface area contributed by atoms with Crippen molar-refractivity contribution in [3.05, 3.63) is 12.2 Å². The van der Waals surface area contributed by atoms with E-state index in [4.69, 9.17) is 21.0 Å². The van der Waals surface area contributed by atoms with Crippen molar-refractivity contribution < 1.29 is 19.4 Å². The summed E-state index contributed by atoms with van der Waals surface area (Å²) in [5, 5.41) is 8.63. The van der Waals surface area contributed by atoms with Gasteiger partial charge in [0.2, 0.25) is 0 Å². The second-order valence-corrected chi connectivity index (χ2v) is 6.80. The van der Waals surface area contributed by atoms with Crippen molar-refractivity contribution in [1.29, 1.82) is 0 Å². The molecule has 134 valence electrons. The molecule has 4 heteroatoms. The molecule has 0 radical (unpaired) electrons. The van der Waals surface area contributed by atoms with Crippen LogP contribution in [-0.2, 0) is 14.3 Å². The number of unbranched alkanes of at least 4 members (excludes halogenated alkanes) is 4. The van der Waals surface area contributed by atoms with E-state index in [2.05, 4.69) is 18.1 Å². The molecule has 2 saturated heterocycles. The Bertz CT molecular complexity index is 451. The van der Waals surface area contributed by atoms with Crippen molar-refractivity contribution in [2.24, 2.45) is 5.92 Å². The number of carboxylic acid groups (broad SMARTS) is 1. The monoisotopic (exact) mass is 334 g/mol. The molecule has 0 amide bonds. The smallest absolute Gasteiger partial charge is 0.303 e. The fraction of sp³-hybridized carbons (Fsp3) is 0.750. The predicted octanol–water partition coefficient (Wildman–Crippen LogP) is 3.94. The highest BCUT2D eigenvalue weighted by atomic mass is 16.6. The van der Waals surface area contributed by atoms with Crippen LogP contribution in [-0.4, -0.2) is 36.0 Å². The van der Waals surface area contributed by atoms with Crippen LogP contribution in [0.15, 0.2) is 12.2 Å². The van der Waals surface area contributed by atoms with Gasteiger partial charge in [0.05, 0.1) is 18.3 Å². The van der Waals surface area contributed by atoms with E-state index in [0.717, 1.165) is 58.0 Å². The second kappa shape index (κ2) is 10.5. The molecule has 2 aliphatic heterocycles. The number of ether oxygens (including phenoxy) is 2. The van der Waals surface area contributed by atoms with Crippen LogP contribution in [0.4, 0.5) is 0 Å². The van der Waals surface area contributed by atoms with Crippen molar-refractivity contribution in [3.8, 4) is 12.3 Å². The molecule has 0 spiro atoms. The maximum absolute atomic E-state index is 10.5. The van der Waals surface area contributed by atoms with Gasteiger partial charge in [-0.05, 0) is 44.9 Å². The van der Waals surface area contributed by atoms with Crippen LogP contribution in [0.1, 0.15) is 64.2 Å². The molecule has 0 unspecified atom stereocenters. The molecular weight excluding hydrogens is 304 g/mol. The van der Waals surface area contributed by atoms with Gasteiger partial charge in [0.1, 0.15) is 0 Å². The predicted molar refractivity (Wildman–Crippen MR) is 93.7 cm³/mol. The average Bonchev–Trinajstić information content (AvgIpc) is 3.15. The third-order valence-corrected chi connectivity index (χ3v) is 4.96. The Morgan fingerprint density at radius 2 is 2.04 bits per heavy atom. The van der Waals surface area contributed by atoms with E-state index < -0.39 is 5.97 Å². The Hall–Kier alpha value is -1.31. The Morgan fingerprint density at radius 3 is 2.83 bits per heavy atom. The number of hydrogen-bond donors (Lipinski definition) is 1. The number of hydrogen-bond acceptors (Lipinski definition) is 3. The van der Waals surface area contributed by atoms with E-state index in [-0.39, 0.29) is 18.6 Å². The Labute approximate surface area is 145 Å². The van der Waals surface area contributed by atoms with Crippen LogP contribution >= 0.6 is 0 Å². The number of terminal acetylenes is 1. The number of rotatable bonds is 12. The van der Waals surface area contributed by atoms with Crippen LogP contribution in [0.3, 0.4) is 0 Å². The highest BCUT2D eigenvalue weighted by Gasteiger charge is 2.48. The summed E-state index contributed by atoms with van der Waals surface area (Å²) >= 11 is 0. The lowest BCUT2D eigenvalue weighted by Gasteiger charge is -2.27. The van der Waals surface area contributed by atoms with Crippen molar-refractivity contribution in [1.82, 2.24) is 0 Å². The van der Waals surface area contributed by atoms with Gasteiger partial charge in [-0.2, -0.15) is 0 Å². The van der Waals surface area contributed by atoms with E-state index in [0.29, 0.717) is 18.4 Å². The summed E-state index contributed by atoms with van der Waals surface area (Å²) in [4.78, 5) is 10.5. The largest absolute Gasteiger partial charge is 0.481 e. The van der Waals surface area contributed by atoms with Crippen molar-refractivity contribution in [2.75, 3.05) is 6.61 Å². The summed E-state index contributed by atoms with van der Waals surface area (Å²) in [6.07, 6.45) is 19.5. The number of allylic oxidation sites excluding steroid dienone is 2. The highest BCUT2D eigenvalue weighted by Crippen LogP contribution is 2.42. The van der Waals surface area contributed by atoms with Gasteiger partial charge in [-0.15, -0.1) is 12.3 Å². The van der Waals surface area contributed by atoms with Gasteiger partial charge in [0.25, 0.3) is 0 Å². The minimum absolute atomic E-state index is 0.222. The zero-order valence-electron chi connectivity index (χ0n) is 14.5. The van der Waals surface area contributed by atoms with Crippen LogP contribution in [0.2, 0.25) is 0 Å². The van der Waals surface area contributed by atoms with E-state index in [1.807, 2.05) is 0 Å². The Kier molecular flexibility index (Phi) is 8.35. The third kappa shape index (κ3) is 5.96. The molecule has 24 heavy (non-hydrogen) atoms. The third-order valence-electron chi connectivity index (χ3n) is 4.96. The molecule has 4 nitrogen and oxygen atoms in total. The van der Waals surface area contributed by atoms with Crippen LogP contribution in [0, 0.1) is 18.3 Å². The molecule has 2 fully saturated rings. The summed E-state index contributed by atoms with van der Waals surface area (Å²) in [6, 6.07) is 0. The quantitative estimate of drug-likeness (QED) is 0.334. The lowest BCUT2D eigenvalue weighted by molar-refractivity contribution is -0.137. The fourth-order valence-corrected chi connectivity index (χ4v) is 3.72. The van der Waals surface area contributed by atoms with E-state index >= 15 is 0 Å². The lowest BCUT2D eigenvalue weighted by atomic mass is 9.84. The van der Waals surface area contributed by atoms with Crippen LogP contribution < -0.4 is 0 Å². The first-order chi connectivity index (χ1) is 11.7. The zero-order valence-corrected chi connectivity index (χ0v) is 14.5. The van der Waals surface area contributed by atoms with Gasteiger partial charge in [-0.25, -0.2) is 0 Å². The lowest BCUT2D eigenvalue weighted by Crippen LogP contribution is -2.34. The molecule has 2 heterocycles. The minimum atomic E-state index is -0.722. The molecule has 0 aromatic carbocycles.